The van der Waals surface area contributed by atoms with Crippen LogP contribution >= 0.6 is 0 Å². The fraction of sp³-hybridized carbons (Fsp3) is 0.800. The summed E-state index contributed by atoms with van der Waals surface area (Å²) in [5, 5.41) is 19.8. The summed E-state index contributed by atoms with van der Waals surface area (Å²) in [5.74, 6) is -0.975. The van der Waals surface area contributed by atoms with Gasteiger partial charge in [-0.25, -0.2) is 0 Å². The first-order valence-corrected chi connectivity index (χ1v) is 2.74. The second-order valence-electron chi connectivity index (χ2n) is 2.25. The third kappa shape index (κ3) is 0.710. The summed E-state index contributed by atoms with van der Waals surface area (Å²) in [7, 11) is 1.53. The van der Waals surface area contributed by atoms with Gasteiger partial charge in [0.25, 0.3) is 0 Å². The largest absolute Gasteiger partial charge is 0.480 e. The molecule has 0 bridgehead atoms. The van der Waals surface area contributed by atoms with Crippen molar-refractivity contribution in [3.05, 3.63) is 0 Å². The molecule has 1 saturated carbocycles. The maximum atomic E-state index is 10.3. The topological polar surface area (TPSA) is 69.6 Å². The fourth-order valence-corrected chi connectivity index (χ4v) is 0.852. The second-order valence-corrected chi connectivity index (χ2v) is 2.25. The smallest absolute Gasteiger partial charge is 0.326 e. The molecule has 0 amide bonds. The summed E-state index contributed by atoms with van der Waals surface area (Å²) < 4.78 is 0. The summed E-state index contributed by atoms with van der Waals surface area (Å²) in [6.07, 6.45) is -0.390. The predicted molar refractivity (Wildman–Crippen MR) is 30.1 cm³/mol. The molecule has 1 rings (SSSR count). The normalized spacial score (nSPS) is 40.4. The van der Waals surface area contributed by atoms with Gasteiger partial charge >= 0.3 is 5.97 Å². The van der Waals surface area contributed by atoms with Gasteiger partial charge in [0, 0.05) is 6.42 Å². The molecule has 4 nitrogen and oxygen atoms in total. The lowest BCUT2D eigenvalue weighted by molar-refractivity contribution is -0.141. The summed E-state index contributed by atoms with van der Waals surface area (Å²) in [6, 6.07) is 0. The maximum Gasteiger partial charge on any atom is 0.326 e. The number of nitrogens with one attached hydrogen (secondary N) is 1. The van der Waals surface area contributed by atoms with E-state index in [1.807, 2.05) is 0 Å². The SMILES string of the molecule is CNC1(C(=O)O)CC1O. The zero-order chi connectivity index (χ0) is 7.07. The van der Waals surface area contributed by atoms with Gasteiger partial charge < -0.3 is 15.5 Å². The molecule has 0 radical (unpaired) electrons. The van der Waals surface area contributed by atoms with Crippen LogP contribution in [0.4, 0.5) is 0 Å². The number of aliphatic carboxylic acids is 1. The molecule has 2 unspecified atom stereocenters. The minimum Gasteiger partial charge on any atom is -0.480 e. The van der Waals surface area contributed by atoms with Crippen LogP contribution in [0.25, 0.3) is 0 Å². The van der Waals surface area contributed by atoms with Crippen LogP contribution in [-0.4, -0.2) is 34.9 Å². The zero-order valence-electron chi connectivity index (χ0n) is 5.09. The van der Waals surface area contributed by atoms with Crippen molar-refractivity contribution in [2.45, 2.75) is 18.1 Å². The Morgan fingerprint density at radius 2 is 2.33 bits per heavy atom. The highest BCUT2D eigenvalue weighted by Gasteiger charge is 2.59. The number of hydrogen-bond acceptors (Lipinski definition) is 3. The molecule has 0 aromatic rings. The summed E-state index contributed by atoms with van der Waals surface area (Å²) in [5.41, 5.74) is -1.03. The van der Waals surface area contributed by atoms with E-state index in [1.165, 1.54) is 7.05 Å². The first kappa shape index (κ1) is 6.51. The molecular weight excluding hydrogens is 122 g/mol. The van der Waals surface area contributed by atoms with Gasteiger partial charge in [0.1, 0.15) is 5.54 Å². The van der Waals surface area contributed by atoms with E-state index in [-0.39, 0.29) is 0 Å². The molecule has 1 aliphatic rings. The van der Waals surface area contributed by atoms with Gasteiger partial charge in [-0.15, -0.1) is 0 Å². The van der Waals surface area contributed by atoms with Crippen molar-refractivity contribution in [1.82, 2.24) is 5.32 Å². The Hall–Kier alpha value is -0.610. The van der Waals surface area contributed by atoms with Crippen molar-refractivity contribution >= 4 is 5.97 Å². The Kier molecular flexibility index (Phi) is 1.22. The van der Waals surface area contributed by atoms with Gasteiger partial charge in [-0.2, -0.15) is 0 Å². The van der Waals surface area contributed by atoms with Gasteiger partial charge in [0.2, 0.25) is 0 Å². The zero-order valence-corrected chi connectivity index (χ0v) is 5.09. The first-order chi connectivity index (χ1) is 4.13. The van der Waals surface area contributed by atoms with Gasteiger partial charge in [0.15, 0.2) is 0 Å². The number of carboxylic acids is 1. The first-order valence-electron chi connectivity index (χ1n) is 2.74. The standard InChI is InChI=1S/C5H9NO3/c1-6-5(4(8)9)2-3(5)7/h3,6-7H,2H2,1H3,(H,8,9). The van der Waals surface area contributed by atoms with E-state index in [2.05, 4.69) is 5.32 Å². The highest BCUT2D eigenvalue weighted by molar-refractivity contribution is 5.83. The summed E-state index contributed by atoms with van der Waals surface area (Å²) in [4.78, 5) is 10.3. The van der Waals surface area contributed by atoms with Crippen molar-refractivity contribution in [3.63, 3.8) is 0 Å². The molecule has 0 heterocycles. The molecule has 1 aliphatic carbocycles. The van der Waals surface area contributed by atoms with Crippen LogP contribution in [0, 0.1) is 0 Å². The average molecular weight is 131 g/mol. The van der Waals surface area contributed by atoms with E-state index in [1.54, 1.807) is 0 Å². The molecule has 0 saturated heterocycles. The van der Waals surface area contributed by atoms with Gasteiger partial charge in [-0.3, -0.25) is 4.79 Å². The number of aliphatic hydroxyl groups excluding tert-OH is 1. The molecule has 0 spiro atoms. The lowest BCUT2D eigenvalue weighted by atomic mass is 10.3. The Balaban J connectivity index is 2.62. The minimum absolute atomic E-state index is 0.318. The highest BCUT2D eigenvalue weighted by atomic mass is 16.4. The lowest BCUT2D eigenvalue weighted by Crippen LogP contribution is -2.39. The van der Waals surface area contributed by atoms with Crippen molar-refractivity contribution in [2.24, 2.45) is 0 Å². The molecule has 2 atom stereocenters. The number of rotatable bonds is 2. The van der Waals surface area contributed by atoms with E-state index >= 15 is 0 Å². The highest BCUT2D eigenvalue weighted by Crippen LogP contribution is 2.35. The van der Waals surface area contributed by atoms with Crippen molar-refractivity contribution in [3.8, 4) is 0 Å². The van der Waals surface area contributed by atoms with E-state index in [0.717, 1.165) is 0 Å². The molecule has 1 fully saturated rings. The van der Waals surface area contributed by atoms with E-state index in [9.17, 15) is 4.79 Å². The minimum atomic E-state index is -1.03. The number of carbonyl (C=O) groups is 1. The van der Waals surface area contributed by atoms with Crippen LogP contribution in [0.15, 0.2) is 0 Å². The van der Waals surface area contributed by atoms with Gasteiger partial charge in [-0.1, -0.05) is 0 Å². The van der Waals surface area contributed by atoms with Crippen molar-refractivity contribution in [2.75, 3.05) is 7.05 Å². The second kappa shape index (κ2) is 1.68. The monoisotopic (exact) mass is 131 g/mol. The maximum absolute atomic E-state index is 10.3. The quantitative estimate of drug-likeness (QED) is 0.440. The molecule has 0 aliphatic heterocycles. The van der Waals surface area contributed by atoms with E-state index in [4.69, 9.17) is 10.2 Å². The van der Waals surface area contributed by atoms with Crippen LogP contribution in [-0.2, 0) is 4.79 Å². The van der Waals surface area contributed by atoms with Crippen LogP contribution in [0.1, 0.15) is 6.42 Å². The van der Waals surface area contributed by atoms with Crippen LogP contribution in [0.2, 0.25) is 0 Å². The molecule has 9 heavy (non-hydrogen) atoms. The molecule has 3 N–H and O–H groups in total. The summed E-state index contributed by atoms with van der Waals surface area (Å²) in [6.45, 7) is 0. The van der Waals surface area contributed by atoms with E-state index in [0.29, 0.717) is 6.42 Å². The number of carboxylic acid groups (broad SMARTS) is 1. The Labute approximate surface area is 52.5 Å². The van der Waals surface area contributed by atoms with Gasteiger partial charge in [0.05, 0.1) is 6.10 Å². The van der Waals surface area contributed by atoms with Gasteiger partial charge in [-0.05, 0) is 7.05 Å². The Bertz CT molecular complexity index is 143. The average Bonchev–Trinajstić information content (AvgIpc) is 2.43. The molecule has 4 heteroatoms. The van der Waals surface area contributed by atoms with Crippen LogP contribution < -0.4 is 5.32 Å². The molecule has 0 aromatic carbocycles. The number of likely N-dealkylation sites (N-methyl/N-ethyl adjacent to an activating group) is 1. The Morgan fingerprint density at radius 1 is 1.89 bits per heavy atom. The Morgan fingerprint density at radius 3 is 2.33 bits per heavy atom. The summed E-state index contributed by atoms with van der Waals surface area (Å²) >= 11 is 0. The molecule has 0 aromatic heterocycles. The van der Waals surface area contributed by atoms with Crippen molar-refractivity contribution < 1.29 is 15.0 Å². The third-order valence-corrected chi connectivity index (χ3v) is 1.75. The predicted octanol–water partition coefficient (Wildman–Crippen LogP) is -1.21. The third-order valence-electron chi connectivity index (χ3n) is 1.75. The van der Waals surface area contributed by atoms with Crippen molar-refractivity contribution in [1.29, 1.82) is 0 Å². The van der Waals surface area contributed by atoms with E-state index < -0.39 is 17.6 Å². The van der Waals surface area contributed by atoms with Crippen LogP contribution in [0.3, 0.4) is 0 Å². The van der Waals surface area contributed by atoms with Crippen LogP contribution in [0.5, 0.6) is 0 Å². The number of hydrogen-bond donors (Lipinski definition) is 3. The molecule has 52 valence electrons. The lowest BCUT2D eigenvalue weighted by Gasteiger charge is -2.06. The fourth-order valence-electron chi connectivity index (χ4n) is 0.852. The molecular formula is C5H9NO3. The number of aliphatic hydroxyl groups is 1.